The van der Waals surface area contributed by atoms with Crippen LogP contribution in [0, 0.1) is 6.92 Å². The van der Waals surface area contributed by atoms with Gasteiger partial charge >= 0.3 is 12.1 Å². The molecule has 0 N–H and O–H groups in total. The molecular formula is C24H25F2N3O5. The van der Waals surface area contributed by atoms with Crippen molar-refractivity contribution in [2.75, 3.05) is 33.9 Å². The standard InChI is InChI=1S/C24H25F2N3O5/c1-14-10-16(23(30)32-2)4-5-18(14)21-19(12-17-13-28(8-9-34-17)24(31)33-3)29-7-6-15(22(25)26)11-20(29)27-21/h4-7,10-11,17,22H,8-9,12-13H2,1-3H3. The minimum absolute atomic E-state index is 0.126. The Kier molecular flexibility index (Phi) is 6.78. The molecule has 34 heavy (non-hydrogen) atoms. The predicted molar refractivity (Wildman–Crippen MR) is 119 cm³/mol. The molecule has 0 spiro atoms. The Morgan fingerprint density at radius 3 is 2.68 bits per heavy atom. The first-order valence-electron chi connectivity index (χ1n) is 10.7. The third-order valence-corrected chi connectivity index (χ3v) is 5.90. The molecule has 0 radical (unpaired) electrons. The molecule has 1 fully saturated rings. The van der Waals surface area contributed by atoms with Crippen molar-refractivity contribution in [3.8, 4) is 11.3 Å². The minimum Gasteiger partial charge on any atom is -0.465 e. The third kappa shape index (κ3) is 4.58. The van der Waals surface area contributed by atoms with Gasteiger partial charge in [-0.1, -0.05) is 6.07 Å². The van der Waals surface area contributed by atoms with E-state index < -0.39 is 18.5 Å². The highest BCUT2D eigenvalue weighted by Gasteiger charge is 2.28. The van der Waals surface area contributed by atoms with Crippen molar-refractivity contribution < 1.29 is 32.6 Å². The summed E-state index contributed by atoms with van der Waals surface area (Å²) in [6, 6.07) is 7.84. The fraction of sp³-hybridized carbons (Fsp3) is 0.375. The van der Waals surface area contributed by atoms with Gasteiger partial charge in [0, 0.05) is 30.3 Å². The van der Waals surface area contributed by atoms with Gasteiger partial charge in [-0.3, -0.25) is 0 Å². The van der Waals surface area contributed by atoms with Crippen molar-refractivity contribution in [3.05, 3.63) is 58.9 Å². The average molecular weight is 473 g/mol. The first kappa shape index (κ1) is 23.6. The molecule has 2 aromatic heterocycles. The molecule has 1 aliphatic heterocycles. The molecule has 4 rings (SSSR count). The van der Waals surface area contributed by atoms with E-state index in [4.69, 9.17) is 14.2 Å². The summed E-state index contributed by atoms with van der Waals surface area (Å²) in [5, 5.41) is 0. The molecule has 180 valence electrons. The molecule has 1 aliphatic rings. The number of hydrogen-bond donors (Lipinski definition) is 0. The van der Waals surface area contributed by atoms with Gasteiger partial charge in [-0.05, 0) is 36.8 Å². The number of nitrogens with zero attached hydrogens (tertiary/aromatic N) is 3. The summed E-state index contributed by atoms with van der Waals surface area (Å²) in [6.07, 6.45) is -1.43. The lowest BCUT2D eigenvalue weighted by Crippen LogP contribution is -2.46. The number of morpholine rings is 1. The predicted octanol–water partition coefficient (Wildman–Crippen LogP) is 4.04. The summed E-state index contributed by atoms with van der Waals surface area (Å²) in [5.74, 6) is -0.454. The summed E-state index contributed by atoms with van der Waals surface area (Å²) >= 11 is 0. The lowest BCUT2D eigenvalue weighted by atomic mass is 9.99. The van der Waals surface area contributed by atoms with Gasteiger partial charge in [0.2, 0.25) is 0 Å². The molecule has 1 unspecified atom stereocenters. The normalized spacial score (nSPS) is 16.2. The van der Waals surface area contributed by atoms with Crippen LogP contribution in [0.2, 0.25) is 0 Å². The zero-order valence-corrected chi connectivity index (χ0v) is 19.1. The topological polar surface area (TPSA) is 82.4 Å². The Morgan fingerprint density at radius 1 is 1.21 bits per heavy atom. The number of aromatic nitrogens is 2. The molecule has 1 saturated heterocycles. The number of esters is 1. The van der Waals surface area contributed by atoms with E-state index in [2.05, 4.69) is 4.98 Å². The number of benzene rings is 1. The number of rotatable bonds is 5. The van der Waals surface area contributed by atoms with Gasteiger partial charge in [0.1, 0.15) is 5.65 Å². The molecule has 3 heterocycles. The number of pyridine rings is 1. The molecule has 10 heteroatoms. The summed E-state index contributed by atoms with van der Waals surface area (Å²) in [6.45, 7) is 2.95. The van der Waals surface area contributed by atoms with Gasteiger partial charge < -0.3 is 23.5 Å². The van der Waals surface area contributed by atoms with Gasteiger partial charge in [0.15, 0.2) is 0 Å². The lowest BCUT2D eigenvalue weighted by Gasteiger charge is -2.32. The van der Waals surface area contributed by atoms with Crippen LogP contribution in [0.25, 0.3) is 16.9 Å². The molecule has 1 amide bonds. The first-order chi connectivity index (χ1) is 16.3. The van der Waals surface area contributed by atoms with Gasteiger partial charge in [-0.25, -0.2) is 23.4 Å². The maximum Gasteiger partial charge on any atom is 0.409 e. The van der Waals surface area contributed by atoms with Crippen LogP contribution in [0.3, 0.4) is 0 Å². The molecule has 8 nitrogen and oxygen atoms in total. The Labute approximate surface area is 195 Å². The molecule has 0 aliphatic carbocycles. The third-order valence-electron chi connectivity index (χ3n) is 5.90. The molecule has 0 bridgehead atoms. The van der Waals surface area contributed by atoms with E-state index in [1.54, 1.807) is 33.7 Å². The number of aryl methyl sites for hydroxylation is 1. The van der Waals surface area contributed by atoms with Crippen LogP contribution in [0.5, 0.6) is 0 Å². The van der Waals surface area contributed by atoms with Gasteiger partial charge in [0.25, 0.3) is 6.43 Å². The first-order valence-corrected chi connectivity index (χ1v) is 10.7. The van der Waals surface area contributed by atoms with E-state index in [1.807, 2.05) is 6.92 Å². The highest BCUT2D eigenvalue weighted by Crippen LogP contribution is 2.31. The SMILES string of the molecule is COC(=O)c1ccc(-c2nc3cc(C(F)F)ccn3c2CC2CN(C(=O)OC)CCO2)c(C)c1. The molecule has 0 saturated carbocycles. The fourth-order valence-electron chi connectivity index (χ4n) is 4.19. The Morgan fingerprint density at radius 2 is 2.00 bits per heavy atom. The zero-order valence-electron chi connectivity index (χ0n) is 19.1. The highest BCUT2D eigenvalue weighted by molar-refractivity contribution is 5.90. The van der Waals surface area contributed by atoms with Crippen LogP contribution in [0.4, 0.5) is 13.6 Å². The van der Waals surface area contributed by atoms with Crippen LogP contribution < -0.4 is 0 Å². The van der Waals surface area contributed by atoms with Crippen molar-refractivity contribution in [2.45, 2.75) is 25.9 Å². The zero-order chi connectivity index (χ0) is 24.4. The van der Waals surface area contributed by atoms with Crippen molar-refractivity contribution in [1.29, 1.82) is 0 Å². The number of halogens is 2. The number of carbonyl (C=O) groups excluding carboxylic acids is 2. The smallest absolute Gasteiger partial charge is 0.409 e. The number of methoxy groups -OCH3 is 2. The minimum atomic E-state index is -2.62. The maximum atomic E-state index is 13.3. The van der Waals surface area contributed by atoms with E-state index >= 15 is 0 Å². The van der Waals surface area contributed by atoms with E-state index in [1.165, 1.54) is 26.4 Å². The summed E-state index contributed by atoms with van der Waals surface area (Å²) in [4.78, 5) is 30.2. The van der Waals surface area contributed by atoms with E-state index in [0.717, 1.165) is 16.8 Å². The summed E-state index contributed by atoms with van der Waals surface area (Å²) in [7, 11) is 2.64. The van der Waals surface area contributed by atoms with Crippen LogP contribution in [-0.4, -0.2) is 66.4 Å². The molecule has 1 aromatic carbocycles. The number of fused-ring (bicyclic) bond motifs is 1. The number of ether oxygens (including phenoxy) is 3. The number of alkyl halides is 2. The van der Waals surface area contributed by atoms with E-state index in [0.29, 0.717) is 43.0 Å². The van der Waals surface area contributed by atoms with Crippen LogP contribution in [0.1, 0.15) is 33.6 Å². The van der Waals surface area contributed by atoms with Crippen molar-refractivity contribution in [2.24, 2.45) is 0 Å². The molecule has 3 aromatic rings. The van der Waals surface area contributed by atoms with E-state index in [9.17, 15) is 18.4 Å². The van der Waals surface area contributed by atoms with Gasteiger partial charge in [-0.15, -0.1) is 0 Å². The Balaban J connectivity index is 1.77. The number of hydrogen-bond acceptors (Lipinski definition) is 6. The van der Waals surface area contributed by atoms with Crippen LogP contribution >= 0.6 is 0 Å². The van der Waals surface area contributed by atoms with Crippen molar-refractivity contribution in [1.82, 2.24) is 14.3 Å². The van der Waals surface area contributed by atoms with Crippen LogP contribution in [-0.2, 0) is 20.6 Å². The number of carbonyl (C=O) groups is 2. The molecule has 1 atom stereocenters. The Hall–Kier alpha value is -3.53. The lowest BCUT2D eigenvalue weighted by molar-refractivity contribution is -0.0241. The Bertz CT molecular complexity index is 1230. The largest absolute Gasteiger partial charge is 0.465 e. The average Bonchev–Trinajstić information content (AvgIpc) is 3.20. The number of amides is 1. The second-order valence-electron chi connectivity index (χ2n) is 8.03. The van der Waals surface area contributed by atoms with E-state index in [-0.39, 0.29) is 11.7 Å². The second kappa shape index (κ2) is 9.76. The summed E-state index contributed by atoms with van der Waals surface area (Å²) in [5.41, 5.74) is 3.53. The van der Waals surface area contributed by atoms with Crippen molar-refractivity contribution >= 4 is 17.7 Å². The van der Waals surface area contributed by atoms with Gasteiger partial charge in [0.05, 0.1) is 50.4 Å². The van der Waals surface area contributed by atoms with Crippen LogP contribution in [0.15, 0.2) is 36.5 Å². The highest BCUT2D eigenvalue weighted by atomic mass is 19.3. The fourth-order valence-corrected chi connectivity index (χ4v) is 4.19. The maximum absolute atomic E-state index is 13.3. The monoisotopic (exact) mass is 473 g/mol. The second-order valence-corrected chi connectivity index (χ2v) is 8.03. The summed E-state index contributed by atoms with van der Waals surface area (Å²) < 4.78 is 43.9. The quantitative estimate of drug-likeness (QED) is 0.520. The molecular weight excluding hydrogens is 448 g/mol. The van der Waals surface area contributed by atoms with Gasteiger partial charge in [-0.2, -0.15) is 0 Å². The number of imidazole rings is 1. The van der Waals surface area contributed by atoms with Crippen molar-refractivity contribution in [3.63, 3.8) is 0 Å².